The first kappa shape index (κ1) is 11.6. The normalized spacial score (nSPS) is 10.6. The highest BCUT2D eigenvalue weighted by atomic mass is 15.0. The van der Waals surface area contributed by atoms with Gasteiger partial charge in [-0.1, -0.05) is 38.1 Å². The molecule has 0 radical (unpaired) electrons. The number of rotatable bonds is 3. The van der Waals surface area contributed by atoms with E-state index in [1.807, 2.05) is 7.05 Å². The summed E-state index contributed by atoms with van der Waals surface area (Å²) in [6.45, 7) is 4.38. The first-order chi connectivity index (χ1) is 8.22. The van der Waals surface area contributed by atoms with E-state index in [0.29, 0.717) is 5.92 Å². The smallest absolute Gasteiger partial charge is 0.152 e. The monoisotopic (exact) mass is 227 g/mol. The fourth-order valence-corrected chi connectivity index (χ4v) is 1.76. The summed E-state index contributed by atoms with van der Waals surface area (Å²) >= 11 is 0. The first-order valence-corrected chi connectivity index (χ1v) is 5.81. The largest absolute Gasteiger partial charge is 0.371 e. The molecule has 0 saturated heterocycles. The predicted octanol–water partition coefficient (Wildman–Crippen LogP) is 3.31. The highest BCUT2D eigenvalue weighted by Gasteiger charge is 2.06. The van der Waals surface area contributed by atoms with Gasteiger partial charge in [-0.3, -0.25) is 4.98 Å². The number of aromatic nitrogens is 2. The van der Waals surface area contributed by atoms with E-state index in [2.05, 4.69) is 53.4 Å². The van der Waals surface area contributed by atoms with E-state index in [-0.39, 0.29) is 0 Å². The van der Waals surface area contributed by atoms with Crippen molar-refractivity contribution in [2.24, 2.45) is 0 Å². The van der Waals surface area contributed by atoms with Crippen molar-refractivity contribution in [2.75, 3.05) is 12.4 Å². The summed E-state index contributed by atoms with van der Waals surface area (Å²) in [5, 5.41) is 3.06. The molecular weight excluding hydrogens is 210 g/mol. The number of hydrogen-bond donors (Lipinski definition) is 1. The number of hydrogen-bond acceptors (Lipinski definition) is 3. The quantitative estimate of drug-likeness (QED) is 0.874. The summed E-state index contributed by atoms with van der Waals surface area (Å²) in [6.07, 6.45) is 3.41. The van der Waals surface area contributed by atoms with Crippen molar-refractivity contribution >= 4 is 5.82 Å². The Kier molecular flexibility index (Phi) is 3.38. The Hall–Kier alpha value is -1.90. The van der Waals surface area contributed by atoms with Crippen molar-refractivity contribution in [1.29, 1.82) is 0 Å². The van der Waals surface area contributed by atoms with Crippen LogP contribution in [-0.4, -0.2) is 17.0 Å². The molecule has 0 atom stereocenters. The summed E-state index contributed by atoms with van der Waals surface area (Å²) in [5.41, 5.74) is 3.32. The number of nitrogens with zero attached hydrogens (tertiary/aromatic N) is 2. The molecule has 1 N–H and O–H groups in total. The standard InChI is InChI=1S/C14H17N3/c1-10(2)11-4-6-12(7-5-11)13-14(15-3)17-9-8-16-13/h4-10H,1-3H3,(H,15,17). The minimum atomic E-state index is 0.551. The third-order valence-electron chi connectivity index (χ3n) is 2.79. The average Bonchev–Trinajstić information content (AvgIpc) is 2.39. The molecule has 0 fully saturated rings. The van der Waals surface area contributed by atoms with Gasteiger partial charge >= 0.3 is 0 Å². The Labute approximate surface area is 102 Å². The molecule has 1 heterocycles. The fraction of sp³-hybridized carbons (Fsp3) is 0.286. The molecule has 3 nitrogen and oxygen atoms in total. The van der Waals surface area contributed by atoms with Crippen molar-refractivity contribution < 1.29 is 0 Å². The second kappa shape index (κ2) is 4.95. The van der Waals surface area contributed by atoms with Crippen LogP contribution in [0.15, 0.2) is 36.7 Å². The summed E-state index contributed by atoms with van der Waals surface area (Å²) in [6, 6.07) is 8.49. The SMILES string of the molecule is CNc1nccnc1-c1ccc(C(C)C)cc1. The Morgan fingerprint density at radius 1 is 1.00 bits per heavy atom. The summed E-state index contributed by atoms with van der Waals surface area (Å²) in [7, 11) is 1.86. The van der Waals surface area contributed by atoms with Crippen LogP contribution in [0.3, 0.4) is 0 Å². The molecule has 0 spiro atoms. The topological polar surface area (TPSA) is 37.8 Å². The lowest BCUT2D eigenvalue weighted by Gasteiger charge is -2.09. The maximum atomic E-state index is 4.37. The molecule has 0 aliphatic carbocycles. The van der Waals surface area contributed by atoms with Crippen LogP contribution in [0.2, 0.25) is 0 Å². The molecule has 0 amide bonds. The summed E-state index contributed by atoms with van der Waals surface area (Å²) in [5.74, 6) is 1.36. The van der Waals surface area contributed by atoms with E-state index in [4.69, 9.17) is 0 Å². The van der Waals surface area contributed by atoms with Gasteiger partial charge in [0.05, 0.1) is 0 Å². The summed E-state index contributed by atoms with van der Waals surface area (Å²) < 4.78 is 0. The second-order valence-corrected chi connectivity index (χ2v) is 4.28. The number of nitrogens with one attached hydrogen (secondary N) is 1. The predicted molar refractivity (Wildman–Crippen MR) is 71.1 cm³/mol. The Bertz CT molecular complexity index is 489. The van der Waals surface area contributed by atoms with Gasteiger partial charge < -0.3 is 5.32 Å². The zero-order chi connectivity index (χ0) is 12.3. The highest BCUT2D eigenvalue weighted by molar-refractivity contribution is 5.71. The fourth-order valence-electron chi connectivity index (χ4n) is 1.76. The number of benzene rings is 1. The van der Waals surface area contributed by atoms with E-state index in [9.17, 15) is 0 Å². The minimum Gasteiger partial charge on any atom is -0.371 e. The Morgan fingerprint density at radius 2 is 1.65 bits per heavy atom. The van der Waals surface area contributed by atoms with Crippen LogP contribution < -0.4 is 5.32 Å². The van der Waals surface area contributed by atoms with Crippen LogP contribution in [0, 0.1) is 0 Å². The molecule has 0 saturated carbocycles. The van der Waals surface area contributed by atoms with Crippen LogP contribution in [0.1, 0.15) is 25.3 Å². The van der Waals surface area contributed by atoms with Crippen LogP contribution in [0.5, 0.6) is 0 Å². The van der Waals surface area contributed by atoms with Gasteiger partial charge in [-0.2, -0.15) is 0 Å². The van der Waals surface area contributed by atoms with Gasteiger partial charge in [-0.25, -0.2) is 4.98 Å². The molecule has 1 aromatic carbocycles. The Morgan fingerprint density at radius 3 is 2.24 bits per heavy atom. The zero-order valence-electron chi connectivity index (χ0n) is 10.4. The molecule has 0 bridgehead atoms. The lowest BCUT2D eigenvalue weighted by molar-refractivity contribution is 0.867. The molecule has 1 aromatic heterocycles. The first-order valence-electron chi connectivity index (χ1n) is 5.81. The van der Waals surface area contributed by atoms with Crippen molar-refractivity contribution in [3.05, 3.63) is 42.2 Å². The van der Waals surface area contributed by atoms with Gasteiger partial charge in [0.15, 0.2) is 5.82 Å². The van der Waals surface area contributed by atoms with E-state index in [1.54, 1.807) is 12.4 Å². The van der Waals surface area contributed by atoms with Crippen LogP contribution >= 0.6 is 0 Å². The average molecular weight is 227 g/mol. The molecule has 0 unspecified atom stereocenters. The molecule has 17 heavy (non-hydrogen) atoms. The maximum Gasteiger partial charge on any atom is 0.152 e. The third-order valence-corrected chi connectivity index (χ3v) is 2.79. The summed E-state index contributed by atoms with van der Waals surface area (Å²) in [4.78, 5) is 8.63. The molecule has 88 valence electrons. The molecular formula is C14H17N3. The minimum absolute atomic E-state index is 0.551. The molecule has 0 aliphatic heterocycles. The van der Waals surface area contributed by atoms with Gasteiger partial charge in [0.2, 0.25) is 0 Å². The van der Waals surface area contributed by atoms with Crippen molar-refractivity contribution in [3.8, 4) is 11.3 Å². The van der Waals surface area contributed by atoms with Gasteiger partial charge in [0, 0.05) is 25.0 Å². The van der Waals surface area contributed by atoms with Crippen LogP contribution in [-0.2, 0) is 0 Å². The molecule has 0 aliphatic rings. The van der Waals surface area contributed by atoms with E-state index in [0.717, 1.165) is 17.1 Å². The van der Waals surface area contributed by atoms with Gasteiger partial charge in [0.25, 0.3) is 0 Å². The van der Waals surface area contributed by atoms with E-state index >= 15 is 0 Å². The van der Waals surface area contributed by atoms with Gasteiger partial charge in [-0.05, 0) is 11.5 Å². The molecule has 2 aromatic rings. The molecule has 2 rings (SSSR count). The van der Waals surface area contributed by atoms with Crippen molar-refractivity contribution in [1.82, 2.24) is 9.97 Å². The highest BCUT2D eigenvalue weighted by Crippen LogP contribution is 2.25. The zero-order valence-corrected chi connectivity index (χ0v) is 10.4. The lowest BCUT2D eigenvalue weighted by atomic mass is 10.0. The maximum absolute atomic E-state index is 4.37. The van der Waals surface area contributed by atoms with E-state index < -0.39 is 0 Å². The van der Waals surface area contributed by atoms with Crippen LogP contribution in [0.25, 0.3) is 11.3 Å². The second-order valence-electron chi connectivity index (χ2n) is 4.28. The van der Waals surface area contributed by atoms with Crippen molar-refractivity contribution in [3.63, 3.8) is 0 Å². The Balaban J connectivity index is 2.40. The van der Waals surface area contributed by atoms with Crippen LogP contribution in [0.4, 0.5) is 5.82 Å². The third kappa shape index (κ3) is 2.44. The molecule has 3 heteroatoms. The lowest BCUT2D eigenvalue weighted by Crippen LogP contribution is -1.97. The van der Waals surface area contributed by atoms with Crippen molar-refractivity contribution in [2.45, 2.75) is 19.8 Å². The van der Waals surface area contributed by atoms with Gasteiger partial charge in [0.1, 0.15) is 5.69 Å². The number of anilines is 1. The van der Waals surface area contributed by atoms with E-state index in [1.165, 1.54) is 5.56 Å². The van der Waals surface area contributed by atoms with Gasteiger partial charge in [-0.15, -0.1) is 0 Å².